The number of imidazole rings is 1. The highest BCUT2D eigenvalue weighted by atomic mass is 35.5. The van der Waals surface area contributed by atoms with E-state index in [1.165, 1.54) is 24.7 Å². The summed E-state index contributed by atoms with van der Waals surface area (Å²) >= 11 is 5.93. The highest BCUT2D eigenvalue weighted by molar-refractivity contribution is 6.30. The Bertz CT molecular complexity index is 1340. The van der Waals surface area contributed by atoms with Gasteiger partial charge in [-0.1, -0.05) is 11.6 Å². The fourth-order valence-electron chi connectivity index (χ4n) is 3.49. The smallest absolute Gasteiger partial charge is 0.275 e. The molecule has 0 spiro atoms. The van der Waals surface area contributed by atoms with Crippen molar-refractivity contribution in [2.24, 2.45) is 0 Å². The van der Waals surface area contributed by atoms with Crippen LogP contribution in [0.1, 0.15) is 27.3 Å². The predicted octanol–water partition coefficient (Wildman–Crippen LogP) is 2.12. The second-order valence-electron chi connectivity index (χ2n) is 7.52. The van der Waals surface area contributed by atoms with Crippen molar-refractivity contribution < 1.29 is 23.2 Å². The normalized spacial score (nSPS) is 16.8. The maximum atomic E-state index is 13.6. The lowest BCUT2D eigenvalue weighted by Crippen LogP contribution is -2.43. The number of carbonyl (C=O) groups is 3. The lowest BCUT2D eigenvalue weighted by molar-refractivity contribution is -0.131. The van der Waals surface area contributed by atoms with Crippen molar-refractivity contribution >= 4 is 40.7 Å². The number of likely N-dealkylation sites (tertiary alicyclic amines) is 1. The van der Waals surface area contributed by atoms with Crippen molar-refractivity contribution in [3.8, 4) is 6.07 Å². The van der Waals surface area contributed by atoms with Gasteiger partial charge in [-0.05, 0) is 12.1 Å². The molecule has 3 amide bonds. The number of nitrogens with one attached hydrogen (secondary N) is 2. The van der Waals surface area contributed by atoms with Crippen LogP contribution in [0.3, 0.4) is 0 Å². The van der Waals surface area contributed by atoms with Crippen LogP contribution in [0.2, 0.25) is 5.02 Å². The van der Waals surface area contributed by atoms with Gasteiger partial charge in [-0.25, -0.2) is 13.8 Å². The number of hydrogen-bond donors (Lipinski definition) is 2. The van der Waals surface area contributed by atoms with E-state index in [9.17, 15) is 23.2 Å². The van der Waals surface area contributed by atoms with Gasteiger partial charge in [-0.15, -0.1) is 0 Å². The summed E-state index contributed by atoms with van der Waals surface area (Å²) in [6.07, 6.45) is 4.92. The van der Waals surface area contributed by atoms with Crippen LogP contribution in [0.15, 0.2) is 43.0 Å². The fourth-order valence-corrected chi connectivity index (χ4v) is 3.65. The van der Waals surface area contributed by atoms with E-state index in [4.69, 9.17) is 16.9 Å². The zero-order valence-corrected chi connectivity index (χ0v) is 18.1. The number of nitrogens with zero attached hydrogens (tertiary/aromatic N) is 5. The first-order chi connectivity index (χ1) is 16.2. The van der Waals surface area contributed by atoms with Crippen molar-refractivity contribution in [2.75, 3.05) is 18.4 Å². The van der Waals surface area contributed by atoms with E-state index in [0.29, 0.717) is 10.7 Å². The monoisotopic (exact) mass is 487 g/mol. The van der Waals surface area contributed by atoms with Gasteiger partial charge in [0, 0.05) is 36.1 Å². The van der Waals surface area contributed by atoms with Crippen LogP contribution >= 0.6 is 11.6 Å². The number of aromatic nitrogens is 3. The van der Waals surface area contributed by atoms with Crippen molar-refractivity contribution in [1.29, 1.82) is 5.26 Å². The van der Waals surface area contributed by atoms with Gasteiger partial charge in [-0.2, -0.15) is 5.26 Å². The number of alkyl halides is 2. The van der Waals surface area contributed by atoms with Gasteiger partial charge >= 0.3 is 0 Å². The van der Waals surface area contributed by atoms with Gasteiger partial charge in [0.2, 0.25) is 5.91 Å². The van der Waals surface area contributed by atoms with E-state index < -0.39 is 49.2 Å². The minimum absolute atomic E-state index is 0.00783. The quantitative estimate of drug-likeness (QED) is 0.566. The first kappa shape index (κ1) is 23.1. The molecule has 2 N–H and O–H groups in total. The molecule has 1 aliphatic heterocycles. The standard InChI is InChI=1S/C21H16ClF2N7O3/c22-12-2-4-30-10-16(28-17(30)5-12)20(34)29-15-8-26-3-1-14(15)19(33)27-9-18(32)31-11-21(23,24)6-13(31)7-25/h1-5,8,10,13H,6,9,11H2,(H,27,33)(H,29,34). The van der Waals surface area contributed by atoms with Gasteiger partial charge in [0.15, 0.2) is 0 Å². The Balaban J connectivity index is 1.44. The third-order valence-corrected chi connectivity index (χ3v) is 5.34. The van der Waals surface area contributed by atoms with E-state index >= 15 is 0 Å². The number of carbonyl (C=O) groups excluding carboxylic acids is 3. The van der Waals surface area contributed by atoms with Crippen molar-refractivity contribution in [1.82, 2.24) is 24.6 Å². The van der Waals surface area contributed by atoms with Crippen molar-refractivity contribution in [3.05, 3.63) is 59.3 Å². The van der Waals surface area contributed by atoms with Crippen molar-refractivity contribution in [3.63, 3.8) is 0 Å². The fraction of sp³-hybridized carbons (Fsp3) is 0.238. The highest BCUT2D eigenvalue weighted by Crippen LogP contribution is 2.31. The SMILES string of the molecule is N#CC1CC(F)(F)CN1C(=O)CNC(=O)c1ccncc1NC(=O)c1cn2ccc(Cl)cc2n1. The van der Waals surface area contributed by atoms with E-state index in [-0.39, 0.29) is 16.9 Å². The number of anilines is 1. The summed E-state index contributed by atoms with van der Waals surface area (Å²) in [4.78, 5) is 46.5. The third-order valence-electron chi connectivity index (χ3n) is 5.11. The summed E-state index contributed by atoms with van der Waals surface area (Å²) in [5, 5.41) is 14.3. The molecule has 1 aliphatic rings. The molecule has 10 nitrogen and oxygen atoms in total. The first-order valence-corrected chi connectivity index (χ1v) is 10.3. The molecule has 174 valence electrons. The van der Waals surface area contributed by atoms with Crippen LogP contribution in [0, 0.1) is 11.3 Å². The molecule has 34 heavy (non-hydrogen) atoms. The maximum Gasteiger partial charge on any atom is 0.275 e. The van der Waals surface area contributed by atoms with Crippen LogP contribution in [0.25, 0.3) is 5.65 Å². The van der Waals surface area contributed by atoms with Gasteiger partial charge in [0.25, 0.3) is 17.7 Å². The summed E-state index contributed by atoms with van der Waals surface area (Å²) in [7, 11) is 0. The van der Waals surface area contributed by atoms with E-state index in [1.807, 2.05) is 0 Å². The summed E-state index contributed by atoms with van der Waals surface area (Å²) in [5.41, 5.74) is 0.551. The van der Waals surface area contributed by atoms with Crippen LogP contribution in [0.4, 0.5) is 14.5 Å². The van der Waals surface area contributed by atoms with Gasteiger partial charge in [0.05, 0.1) is 36.6 Å². The molecule has 0 bridgehead atoms. The lowest BCUT2D eigenvalue weighted by atomic mass is 10.2. The second kappa shape index (κ2) is 9.03. The molecule has 3 aromatic rings. The molecule has 3 aromatic heterocycles. The Morgan fingerprint density at radius 2 is 2.09 bits per heavy atom. The van der Waals surface area contributed by atoms with Crippen LogP contribution < -0.4 is 10.6 Å². The Morgan fingerprint density at radius 1 is 1.29 bits per heavy atom. The molecule has 1 atom stereocenters. The number of amides is 3. The molecular weight excluding hydrogens is 472 g/mol. The van der Waals surface area contributed by atoms with Crippen LogP contribution in [-0.2, 0) is 4.79 Å². The molecule has 1 saturated heterocycles. The molecule has 1 unspecified atom stereocenters. The summed E-state index contributed by atoms with van der Waals surface area (Å²) in [6, 6.07) is 4.93. The van der Waals surface area contributed by atoms with Gasteiger partial charge < -0.3 is 19.9 Å². The third kappa shape index (κ3) is 4.79. The zero-order chi connectivity index (χ0) is 24.5. The van der Waals surface area contributed by atoms with Gasteiger partial charge in [-0.3, -0.25) is 19.4 Å². The Morgan fingerprint density at radius 3 is 2.85 bits per heavy atom. The molecule has 4 rings (SSSR count). The molecular formula is C21H16ClF2N7O3. The predicted molar refractivity (Wildman–Crippen MR) is 115 cm³/mol. The molecule has 4 heterocycles. The van der Waals surface area contributed by atoms with Crippen LogP contribution in [-0.4, -0.2) is 62.0 Å². The number of halogens is 3. The average molecular weight is 488 g/mol. The maximum absolute atomic E-state index is 13.6. The number of nitriles is 1. The number of rotatable bonds is 5. The minimum Gasteiger partial charge on any atom is -0.343 e. The molecule has 0 radical (unpaired) electrons. The van der Waals surface area contributed by atoms with E-state index in [0.717, 1.165) is 4.90 Å². The van der Waals surface area contributed by atoms with E-state index in [2.05, 4.69) is 20.6 Å². The molecule has 0 saturated carbocycles. The second-order valence-corrected chi connectivity index (χ2v) is 7.96. The van der Waals surface area contributed by atoms with Crippen molar-refractivity contribution in [2.45, 2.75) is 18.4 Å². The van der Waals surface area contributed by atoms with Gasteiger partial charge in [0.1, 0.15) is 17.4 Å². The lowest BCUT2D eigenvalue weighted by Gasteiger charge is -2.19. The Kier molecular flexibility index (Phi) is 6.12. The van der Waals surface area contributed by atoms with E-state index in [1.54, 1.807) is 28.8 Å². The topological polar surface area (TPSA) is 132 Å². The molecule has 0 aliphatic carbocycles. The summed E-state index contributed by atoms with van der Waals surface area (Å²) in [6.45, 7) is -1.49. The number of pyridine rings is 2. The van der Waals surface area contributed by atoms with Crippen LogP contribution in [0.5, 0.6) is 0 Å². The summed E-state index contributed by atoms with van der Waals surface area (Å²) in [5.74, 6) is -5.34. The zero-order valence-electron chi connectivity index (χ0n) is 17.3. The summed E-state index contributed by atoms with van der Waals surface area (Å²) < 4.78 is 28.7. The highest BCUT2D eigenvalue weighted by Gasteiger charge is 2.47. The molecule has 0 aromatic carbocycles. The number of hydrogen-bond acceptors (Lipinski definition) is 6. The molecule has 13 heteroatoms. The largest absolute Gasteiger partial charge is 0.343 e. The Labute approximate surface area is 196 Å². The molecule has 1 fully saturated rings. The minimum atomic E-state index is -3.16. The number of fused-ring (bicyclic) bond motifs is 1. The Hall–Kier alpha value is -4.11. The first-order valence-electron chi connectivity index (χ1n) is 9.91. The average Bonchev–Trinajstić information content (AvgIpc) is 3.37.